The number of nitrogens with zero attached hydrogens (tertiary/aromatic N) is 2. The monoisotopic (exact) mass is 256 g/mol. The molecule has 3 heteroatoms. The molecule has 0 rings (SSSR count). The molecule has 0 spiro atoms. The lowest BCUT2D eigenvalue weighted by atomic mass is 10.4. The molecule has 0 heterocycles. The standard InChI is InChI=1S/C7H17IN2/c1-9(2)5-4-6-10(3)7-8/h4-7H2,1-3H3. The molecule has 10 heavy (non-hydrogen) atoms. The fourth-order valence-corrected chi connectivity index (χ4v) is 1.06. The topological polar surface area (TPSA) is 6.48 Å². The summed E-state index contributed by atoms with van der Waals surface area (Å²) in [5, 5.41) is 0. The van der Waals surface area contributed by atoms with E-state index < -0.39 is 0 Å². The van der Waals surface area contributed by atoms with E-state index in [1.165, 1.54) is 19.5 Å². The van der Waals surface area contributed by atoms with Gasteiger partial charge >= 0.3 is 0 Å². The molecule has 0 saturated carbocycles. The molecule has 0 bridgehead atoms. The molecule has 62 valence electrons. The third-order valence-corrected chi connectivity index (χ3v) is 2.51. The highest BCUT2D eigenvalue weighted by molar-refractivity contribution is 14.1. The Kier molecular flexibility index (Phi) is 6.78. The Morgan fingerprint density at radius 2 is 1.70 bits per heavy atom. The second-order valence-corrected chi connectivity index (χ2v) is 3.54. The Morgan fingerprint density at radius 3 is 2.10 bits per heavy atom. The van der Waals surface area contributed by atoms with Crippen LogP contribution in [0.15, 0.2) is 0 Å². The summed E-state index contributed by atoms with van der Waals surface area (Å²) >= 11 is 2.38. The van der Waals surface area contributed by atoms with Crippen LogP contribution in [-0.4, -0.2) is 48.6 Å². The Hall–Kier alpha value is 0.650. The van der Waals surface area contributed by atoms with Crippen molar-refractivity contribution >= 4 is 22.6 Å². The molecule has 0 aromatic heterocycles. The Bertz CT molecular complexity index is 76.0. The van der Waals surface area contributed by atoms with E-state index in [0.29, 0.717) is 0 Å². The summed E-state index contributed by atoms with van der Waals surface area (Å²) in [6.45, 7) is 2.40. The van der Waals surface area contributed by atoms with E-state index in [1.807, 2.05) is 0 Å². The highest BCUT2D eigenvalue weighted by Crippen LogP contribution is 1.92. The van der Waals surface area contributed by atoms with Gasteiger partial charge in [-0.25, -0.2) is 0 Å². The van der Waals surface area contributed by atoms with Crippen LogP contribution in [0.3, 0.4) is 0 Å². The van der Waals surface area contributed by atoms with Gasteiger partial charge in [0, 0.05) is 0 Å². The zero-order valence-electron chi connectivity index (χ0n) is 7.10. The van der Waals surface area contributed by atoms with Gasteiger partial charge in [-0.05, 0) is 40.7 Å². The maximum absolute atomic E-state index is 2.38. The predicted molar refractivity (Wildman–Crippen MR) is 54.7 cm³/mol. The number of halogens is 1. The number of hydrogen-bond acceptors (Lipinski definition) is 2. The van der Waals surface area contributed by atoms with E-state index in [4.69, 9.17) is 0 Å². The van der Waals surface area contributed by atoms with Crippen LogP contribution in [0, 0.1) is 0 Å². The summed E-state index contributed by atoms with van der Waals surface area (Å²) in [4.78, 5) is 4.55. The molecule has 0 aliphatic carbocycles. The third-order valence-electron chi connectivity index (χ3n) is 1.35. The molecule has 0 aromatic carbocycles. The van der Waals surface area contributed by atoms with Gasteiger partial charge in [-0.1, -0.05) is 22.6 Å². The molecule has 0 aliphatic rings. The first-order valence-electron chi connectivity index (χ1n) is 3.56. The second kappa shape index (κ2) is 6.37. The zero-order chi connectivity index (χ0) is 7.98. The molecule has 0 amide bonds. The van der Waals surface area contributed by atoms with Crippen molar-refractivity contribution < 1.29 is 0 Å². The van der Waals surface area contributed by atoms with E-state index in [0.717, 1.165) is 4.55 Å². The Labute approximate surface area is 77.7 Å². The average Bonchev–Trinajstić information content (AvgIpc) is 1.87. The Morgan fingerprint density at radius 1 is 1.10 bits per heavy atom. The van der Waals surface area contributed by atoms with Crippen molar-refractivity contribution in [1.82, 2.24) is 9.80 Å². The zero-order valence-corrected chi connectivity index (χ0v) is 9.26. The predicted octanol–water partition coefficient (Wildman–Crippen LogP) is 1.26. The van der Waals surface area contributed by atoms with Crippen LogP contribution in [-0.2, 0) is 0 Å². The normalized spacial score (nSPS) is 11.4. The molecular formula is C7H17IN2. The molecule has 0 saturated heterocycles. The summed E-state index contributed by atoms with van der Waals surface area (Å²) < 4.78 is 1.13. The second-order valence-electron chi connectivity index (χ2n) is 2.86. The van der Waals surface area contributed by atoms with Gasteiger partial charge in [0.2, 0.25) is 0 Å². The van der Waals surface area contributed by atoms with Crippen LogP contribution in [0.1, 0.15) is 6.42 Å². The summed E-state index contributed by atoms with van der Waals surface area (Å²) in [5.41, 5.74) is 0. The number of hydrogen-bond donors (Lipinski definition) is 0. The Balaban J connectivity index is 3.03. The molecule has 0 N–H and O–H groups in total. The van der Waals surface area contributed by atoms with E-state index in [1.54, 1.807) is 0 Å². The van der Waals surface area contributed by atoms with Crippen LogP contribution in [0.2, 0.25) is 0 Å². The number of alkyl halides is 1. The van der Waals surface area contributed by atoms with Crippen molar-refractivity contribution in [3.63, 3.8) is 0 Å². The molecule has 0 unspecified atom stereocenters. The van der Waals surface area contributed by atoms with Crippen LogP contribution < -0.4 is 0 Å². The van der Waals surface area contributed by atoms with Crippen molar-refractivity contribution in [2.24, 2.45) is 0 Å². The minimum atomic E-state index is 1.13. The van der Waals surface area contributed by atoms with E-state index >= 15 is 0 Å². The minimum absolute atomic E-state index is 1.13. The summed E-state index contributed by atoms with van der Waals surface area (Å²) in [7, 11) is 6.39. The van der Waals surface area contributed by atoms with Crippen molar-refractivity contribution in [3.8, 4) is 0 Å². The summed E-state index contributed by atoms with van der Waals surface area (Å²) in [6, 6.07) is 0. The molecule has 0 aliphatic heterocycles. The molecular weight excluding hydrogens is 239 g/mol. The highest BCUT2D eigenvalue weighted by Gasteiger charge is 1.94. The van der Waals surface area contributed by atoms with E-state index in [9.17, 15) is 0 Å². The van der Waals surface area contributed by atoms with Gasteiger partial charge in [0.1, 0.15) is 0 Å². The van der Waals surface area contributed by atoms with Gasteiger partial charge in [-0.2, -0.15) is 0 Å². The van der Waals surface area contributed by atoms with Crippen molar-refractivity contribution in [3.05, 3.63) is 0 Å². The SMILES string of the molecule is CN(C)CCCN(C)CI. The first-order valence-corrected chi connectivity index (χ1v) is 5.08. The lowest BCUT2D eigenvalue weighted by molar-refractivity contribution is 0.337. The first-order chi connectivity index (χ1) is 4.66. The third kappa shape index (κ3) is 6.77. The molecule has 0 radical (unpaired) electrons. The highest BCUT2D eigenvalue weighted by atomic mass is 127. The van der Waals surface area contributed by atoms with E-state index in [-0.39, 0.29) is 0 Å². The van der Waals surface area contributed by atoms with Gasteiger partial charge in [0.25, 0.3) is 0 Å². The fourth-order valence-electron chi connectivity index (χ4n) is 0.717. The lowest BCUT2D eigenvalue weighted by Gasteiger charge is -2.14. The molecule has 0 aromatic rings. The smallest absolute Gasteiger partial charge is 0.0502 e. The summed E-state index contributed by atoms with van der Waals surface area (Å²) in [6.07, 6.45) is 1.27. The van der Waals surface area contributed by atoms with Crippen LogP contribution >= 0.6 is 22.6 Å². The minimum Gasteiger partial charge on any atom is -0.309 e. The van der Waals surface area contributed by atoms with Crippen molar-refractivity contribution in [1.29, 1.82) is 0 Å². The maximum Gasteiger partial charge on any atom is 0.0502 e. The summed E-state index contributed by atoms with van der Waals surface area (Å²) in [5.74, 6) is 0. The average molecular weight is 256 g/mol. The van der Waals surface area contributed by atoms with Crippen molar-refractivity contribution in [2.75, 3.05) is 38.8 Å². The molecule has 2 nitrogen and oxygen atoms in total. The quantitative estimate of drug-likeness (QED) is 0.415. The number of rotatable bonds is 5. The maximum atomic E-state index is 2.38. The van der Waals surface area contributed by atoms with Crippen molar-refractivity contribution in [2.45, 2.75) is 6.42 Å². The fraction of sp³-hybridized carbons (Fsp3) is 1.00. The van der Waals surface area contributed by atoms with Crippen LogP contribution in [0.4, 0.5) is 0 Å². The van der Waals surface area contributed by atoms with Gasteiger partial charge in [0.05, 0.1) is 4.55 Å². The van der Waals surface area contributed by atoms with Gasteiger partial charge in [-0.15, -0.1) is 0 Å². The van der Waals surface area contributed by atoms with Gasteiger partial charge < -0.3 is 4.90 Å². The van der Waals surface area contributed by atoms with Gasteiger partial charge in [-0.3, -0.25) is 4.90 Å². The largest absolute Gasteiger partial charge is 0.309 e. The van der Waals surface area contributed by atoms with Crippen LogP contribution in [0.25, 0.3) is 0 Å². The lowest BCUT2D eigenvalue weighted by Crippen LogP contribution is -2.22. The van der Waals surface area contributed by atoms with Crippen LogP contribution in [0.5, 0.6) is 0 Å². The molecule has 0 atom stereocenters. The van der Waals surface area contributed by atoms with E-state index in [2.05, 4.69) is 53.5 Å². The van der Waals surface area contributed by atoms with Gasteiger partial charge in [0.15, 0.2) is 0 Å². The molecule has 0 fully saturated rings. The first kappa shape index (κ1) is 10.7.